The van der Waals surface area contributed by atoms with Crippen molar-refractivity contribution >= 4 is 5.96 Å². The summed E-state index contributed by atoms with van der Waals surface area (Å²) in [7, 11) is 0. The molecule has 0 aliphatic carbocycles. The van der Waals surface area contributed by atoms with Crippen LogP contribution in [0, 0.1) is 0 Å². The Balaban J connectivity index is 2.32. The maximum Gasteiger partial charge on any atom is 0.228 e. The normalized spacial score (nSPS) is 12.9. The highest BCUT2D eigenvalue weighted by molar-refractivity contribution is 5.78. The zero-order valence-corrected chi connectivity index (χ0v) is 9.32. The summed E-state index contributed by atoms with van der Waals surface area (Å²) in [6, 6.07) is 0. The van der Waals surface area contributed by atoms with Gasteiger partial charge in [0.05, 0.1) is 6.54 Å². The maximum atomic E-state index is 5.67. The van der Waals surface area contributed by atoms with Crippen LogP contribution >= 0.6 is 0 Å². The second-order valence-corrected chi connectivity index (χ2v) is 4.23. The number of hydrogen-bond donors (Lipinski definition) is 2. The first-order chi connectivity index (χ1) is 6.97. The summed E-state index contributed by atoms with van der Waals surface area (Å²) in [4.78, 5) is 8.02. The van der Waals surface area contributed by atoms with E-state index in [0.29, 0.717) is 24.8 Å². The molecule has 6 heteroatoms. The molecule has 0 unspecified atom stereocenters. The van der Waals surface area contributed by atoms with Gasteiger partial charge in [-0.1, -0.05) is 5.16 Å². The molecule has 6 nitrogen and oxygen atoms in total. The van der Waals surface area contributed by atoms with E-state index >= 15 is 0 Å². The molecular weight excluding hydrogens is 194 g/mol. The molecule has 1 aromatic rings. The van der Waals surface area contributed by atoms with Crippen LogP contribution in [0.1, 0.15) is 26.7 Å². The minimum atomic E-state index is -0.0714. The molecule has 3 N–H and O–H groups in total. The fraction of sp³-hybridized carbons (Fsp3) is 0.667. The molecule has 0 spiro atoms. The van der Waals surface area contributed by atoms with Gasteiger partial charge in [-0.2, -0.15) is 4.98 Å². The van der Waals surface area contributed by atoms with E-state index in [0.717, 1.165) is 0 Å². The van der Waals surface area contributed by atoms with Gasteiger partial charge in [-0.3, -0.25) is 4.99 Å². The van der Waals surface area contributed by atoms with Crippen molar-refractivity contribution in [2.45, 2.75) is 32.7 Å². The van der Waals surface area contributed by atoms with Crippen molar-refractivity contribution in [2.75, 3.05) is 6.54 Å². The van der Waals surface area contributed by atoms with E-state index in [9.17, 15) is 0 Å². The van der Waals surface area contributed by atoms with Crippen LogP contribution in [0.2, 0.25) is 0 Å². The second-order valence-electron chi connectivity index (χ2n) is 4.23. The molecule has 0 aliphatic heterocycles. The average molecular weight is 211 g/mol. The van der Waals surface area contributed by atoms with Crippen molar-refractivity contribution in [1.82, 2.24) is 15.5 Å². The minimum Gasteiger partial charge on any atom is -0.370 e. The lowest BCUT2D eigenvalue weighted by atomic mass is 10.1. The Labute approximate surface area is 89.0 Å². The van der Waals surface area contributed by atoms with E-state index in [1.807, 2.05) is 20.8 Å². The van der Waals surface area contributed by atoms with E-state index in [2.05, 4.69) is 20.4 Å². The number of aromatic nitrogens is 2. The van der Waals surface area contributed by atoms with Crippen molar-refractivity contribution in [1.29, 1.82) is 0 Å². The van der Waals surface area contributed by atoms with Crippen LogP contribution in [0.15, 0.2) is 15.8 Å². The molecule has 0 radical (unpaired) electrons. The highest BCUT2D eigenvalue weighted by atomic mass is 16.5. The van der Waals surface area contributed by atoms with Crippen LogP contribution in [-0.2, 0) is 6.42 Å². The van der Waals surface area contributed by atoms with Gasteiger partial charge in [-0.25, -0.2) is 0 Å². The maximum absolute atomic E-state index is 5.67. The number of nitrogens with one attached hydrogen (secondary N) is 1. The summed E-state index contributed by atoms with van der Waals surface area (Å²) in [6.45, 7) is 6.60. The lowest BCUT2D eigenvalue weighted by molar-refractivity contribution is 0.379. The minimum absolute atomic E-state index is 0.0714. The van der Waals surface area contributed by atoms with E-state index in [4.69, 9.17) is 10.3 Å². The van der Waals surface area contributed by atoms with Crippen molar-refractivity contribution in [2.24, 2.45) is 10.7 Å². The highest BCUT2D eigenvalue weighted by Crippen LogP contribution is 1.97. The van der Waals surface area contributed by atoms with Gasteiger partial charge < -0.3 is 15.6 Å². The van der Waals surface area contributed by atoms with Gasteiger partial charge in [0.25, 0.3) is 0 Å². The molecule has 0 fully saturated rings. The van der Waals surface area contributed by atoms with Gasteiger partial charge in [0.2, 0.25) is 5.89 Å². The van der Waals surface area contributed by atoms with Gasteiger partial charge in [0, 0.05) is 12.0 Å². The highest BCUT2D eigenvalue weighted by Gasteiger charge is 2.09. The summed E-state index contributed by atoms with van der Waals surface area (Å²) >= 11 is 0. The standard InChI is InChI=1S/C9H17N5O/c1-9(2,3)14-8(10)11-5-4-7-12-6-13-15-7/h6H,4-5H2,1-3H3,(H3,10,11,14). The molecule has 1 rings (SSSR count). The zero-order valence-electron chi connectivity index (χ0n) is 9.32. The molecule has 0 aromatic carbocycles. The first kappa shape index (κ1) is 11.5. The number of guanidine groups is 1. The molecule has 0 saturated heterocycles. The topological polar surface area (TPSA) is 89.3 Å². The van der Waals surface area contributed by atoms with Gasteiger partial charge in [0.15, 0.2) is 12.3 Å². The summed E-state index contributed by atoms with van der Waals surface area (Å²) in [5, 5.41) is 6.56. The summed E-state index contributed by atoms with van der Waals surface area (Å²) in [6.07, 6.45) is 1.97. The third-order valence-electron chi connectivity index (χ3n) is 1.52. The third kappa shape index (κ3) is 4.99. The molecule has 1 heterocycles. The lowest BCUT2D eigenvalue weighted by Gasteiger charge is -2.20. The van der Waals surface area contributed by atoms with E-state index in [1.54, 1.807) is 0 Å². The fourth-order valence-corrected chi connectivity index (χ4v) is 1.00. The number of rotatable bonds is 3. The molecule has 15 heavy (non-hydrogen) atoms. The second kappa shape index (κ2) is 4.77. The molecule has 0 bridgehead atoms. The van der Waals surface area contributed by atoms with Gasteiger partial charge in [0.1, 0.15) is 0 Å². The molecule has 0 saturated carbocycles. The first-order valence-electron chi connectivity index (χ1n) is 4.81. The Hall–Kier alpha value is -1.59. The van der Waals surface area contributed by atoms with Gasteiger partial charge >= 0.3 is 0 Å². The van der Waals surface area contributed by atoms with Gasteiger partial charge in [-0.15, -0.1) is 0 Å². The third-order valence-corrected chi connectivity index (χ3v) is 1.52. The number of nitrogens with two attached hydrogens (primary N) is 1. The number of hydrogen-bond acceptors (Lipinski definition) is 4. The van der Waals surface area contributed by atoms with Crippen LogP contribution in [0.25, 0.3) is 0 Å². The Morgan fingerprint density at radius 2 is 2.33 bits per heavy atom. The molecule has 84 valence electrons. The first-order valence-corrected chi connectivity index (χ1v) is 4.81. The predicted octanol–water partition coefficient (Wildman–Crippen LogP) is 0.315. The van der Waals surface area contributed by atoms with E-state index in [1.165, 1.54) is 6.33 Å². The fourth-order valence-electron chi connectivity index (χ4n) is 1.00. The Bertz CT molecular complexity index is 312. The number of aliphatic imine (C=N–C) groups is 1. The van der Waals surface area contributed by atoms with E-state index in [-0.39, 0.29) is 5.54 Å². The quantitative estimate of drug-likeness (QED) is 0.555. The lowest BCUT2D eigenvalue weighted by Crippen LogP contribution is -2.45. The van der Waals surface area contributed by atoms with Crippen LogP contribution in [0.5, 0.6) is 0 Å². The Morgan fingerprint density at radius 1 is 1.60 bits per heavy atom. The van der Waals surface area contributed by atoms with Crippen LogP contribution in [0.3, 0.4) is 0 Å². The number of nitrogens with zero attached hydrogens (tertiary/aromatic N) is 3. The smallest absolute Gasteiger partial charge is 0.228 e. The van der Waals surface area contributed by atoms with E-state index < -0.39 is 0 Å². The molecular formula is C9H17N5O. The molecule has 1 aromatic heterocycles. The summed E-state index contributed by atoms with van der Waals surface area (Å²) < 4.78 is 4.82. The van der Waals surface area contributed by atoms with Gasteiger partial charge in [-0.05, 0) is 20.8 Å². The van der Waals surface area contributed by atoms with Crippen molar-refractivity contribution < 1.29 is 4.52 Å². The van der Waals surface area contributed by atoms with Crippen molar-refractivity contribution in [3.8, 4) is 0 Å². The van der Waals surface area contributed by atoms with Crippen molar-refractivity contribution in [3.05, 3.63) is 12.2 Å². The molecule has 0 aliphatic rings. The largest absolute Gasteiger partial charge is 0.370 e. The Kier molecular flexibility index (Phi) is 3.65. The SMILES string of the molecule is CC(C)(C)NC(N)=NCCc1ncno1. The molecule has 0 atom stereocenters. The summed E-state index contributed by atoms with van der Waals surface area (Å²) in [5.74, 6) is 1.00. The predicted molar refractivity (Wildman–Crippen MR) is 57.4 cm³/mol. The van der Waals surface area contributed by atoms with Crippen LogP contribution < -0.4 is 11.1 Å². The van der Waals surface area contributed by atoms with Crippen LogP contribution in [-0.4, -0.2) is 28.2 Å². The Morgan fingerprint density at radius 3 is 2.87 bits per heavy atom. The summed E-state index contributed by atoms with van der Waals surface area (Å²) in [5.41, 5.74) is 5.60. The van der Waals surface area contributed by atoms with Crippen molar-refractivity contribution in [3.63, 3.8) is 0 Å². The average Bonchev–Trinajstić information content (AvgIpc) is 2.53. The monoisotopic (exact) mass is 211 g/mol. The van der Waals surface area contributed by atoms with Crippen LogP contribution in [0.4, 0.5) is 0 Å². The zero-order chi connectivity index (χ0) is 11.3. The molecule has 0 amide bonds.